The van der Waals surface area contributed by atoms with Crippen LogP contribution in [0.4, 0.5) is 5.82 Å². The van der Waals surface area contributed by atoms with Crippen molar-refractivity contribution in [2.45, 2.75) is 33.1 Å². The zero-order chi connectivity index (χ0) is 11.5. The highest BCUT2D eigenvalue weighted by Gasteiger charge is 2.16. The lowest BCUT2D eigenvalue weighted by Gasteiger charge is -1.97. The molecule has 0 saturated carbocycles. The lowest BCUT2D eigenvalue weighted by Crippen LogP contribution is -1.91. The third-order valence-corrected chi connectivity index (χ3v) is 3.78. The minimum Gasteiger partial charge on any atom is -0.381 e. The van der Waals surface area contributed by atoms with Crippen LogP contribution >= 0.6 is 11.3 Å². The van der Waals surface area contributed by atoms with Crippen molar-refractivity contribution in [3.05, 3.63) is 22.6 Å². The number of rotatable bonds is 4. The van der Waals surface area contributed by atoms with Crippen LogP contribution in [-0.2, 0) is 12.8 Å². The molecule has 2 rings (SSSR count). The molecule has 0 saturated heterocycles. The summed E-state index contributed by atoms with van der Waals surface area (Å²) in [7, 11) is 0. The third kappa shape index (κ3) is 1.97. The zero-order valence-electron chi connectivity index (χ0n) is 9.62. The van der Waals surface area contributed by atoms with Crippen molar-refractivity contribution in [2.75, 3.05) is 5.73 Å². The zero-order valence-corrected chi connectivity index (χ0v) is 10.4. The number of anilines is 1. The van der Waals surface area contributed by atoms with E-state index < -0.39 is 0 Å². The molecule has 2 aromatic rings. The summed E-state index contributed by atoms with van der Waals surface area (Å²) >= 11 is 1.75. The summed E-state index contributed by atoms with van der Waals surface area (Å²) < 4.78 is 5.33. The number of aryl methyl sites for hydroxylation is 1. The average molecular weight is 236 g/mol. The van der Waals surface area contributed by atoms with Crippen molar-refractivity contribution in [3.8, 4) is 10.6 Å². The number of thiophene rings is 1. The Morgan fingerprint density at radius 2 is 2.19 bits per heavy atom. The Morgan fingerprint density at radius 3 is 2.81 bits per heavy atom. The molecule has 2 heterocycles. The van der Waals surface area contributed by atoms with Gasteiger partial charge >= 0.3 is 0 Å². The first-order valence-corrected chi connectivity index (χ1v) is 6.41. The molecule has 0 spiro atoms. The molecule has 3 nitrogen and oxygen atoms in total. The lowest BCUT2D eigenvalue weighted by molar-refractivity contribution is 0.436. The number of nitrogens with two attached hydrogens (primary N) is 1. The largest absolute Gasteiger partial charge is 0.381 e. The number of aromatic nitrogens is 1. The van der Waals surface area contributed by atoms with E-state index in [1.54, 1.807) is 11.3 Å². The summed E-state index contributed by atoms with van der Waals surface area (Å²) in [4.78, 5) is 2.48. The third-order valence-electron chi connectivity index (χ3n) is 2.55. The monoisotopic (exact) mass is 236 g/mol. The standard InChI is InChI=1S/C12H16N2OS/c1-3-5-9-11(15-14-12(9)13)10-7-6-8(4-2)16-10/h6-7H,3-5H2,1-2H3,(H2,13,14). The molecule has 0 bridgehead atoms. The van der Waals surface area contributed by atoms with Gasteiger partial charge in [0.15, 0.2) is 11.6 Å². The summed E-state index contributed by atoms with van der Waals surface area (Å²) in [6.45, 7) is 4.28. The van der Waals surface area contributed by atoms with E-state index in [1.165, 1.54) is 4.88 Å². The Labute approximate surface area is 99.3 Å². The maximum absolute atomic E-state index is 5.80. The van der Waals surface area contributed by atoms with Crippen molar-refractivity contribution in [1.82, 2.24) is 5.16 Å². The van der Waals surface area contributed by atoms with Crippen molar-refractivity contribution in [3.63, 3.8) is 0 Å². The highest BCUT2D eigenvalue weighted by molar-refractivity contribution is 7.15. The molecular weight excluding hydrogens is 220 g/mol. The smallest absolute Gasteiger partial charge is 0.182 e. The van der Waals surface area contributed by atoms with Crippen molar-refractivity contribution in [2.24, 2.45) is 0 Å². The molecule has 0 aliphatic rings. The fraction of sp³-hybridized carbons (Fsp3) is 0.417. The average Bonchev–Trinajstić information content (AvgIpc) is 2.87. The van der Waals surface area contributed by atoms with E-state index in [0.29, 0.717) is 5.82 Å². The Kier molecular flexibility index (Phi) is 3.29. The molecule has 0 aliphatic heterocycles. The maximum atomic E-state index is 5.80. The molecule has 86 valence electrons. The molecule has 0 unspecified atom stereocenters. The molecular formula is C12H16N2OS. The predicted molar refractivity (Wildman–Crippen MR) is 67.6 cm³/mol. The molecule has 16 heavy (non-hydrogen) atoms. The summed E-state index contributed by atoms with van der Waals surface area (Å²) in [5.41, 5.74) is 6.85. The van der Waals surface area contributed by atoms with Crippen LogP contribution in [0.25, 0.3) is 10.6 Å². The second-order valence-electron chi connectivity index (χ2n) is 3.75. The van der Waals surface area contributed by atoms with E-state index in [2.05, 4.69) is 31.1 Å². The molecule has 0 radical (unpaired) electrons. The minimum absolute atomic E-state index is 0.531. The van der Waals surface area contributed by atoms with Crippen LogP contribution in [-0.4, -0.2) is 5.16 Å². The maximum Gasteiger partial charge on any atom is 0.182 e. The van der Waals surface area contributed by atoms with Gasteiger partial charge in [0.1, 0.15) is 0 Å². The number of hydrogen-bond donors (Lipinski definition) is 1. The van der Waals surface area contributed by atoms with Crippen LogP contribution in [0.2, 0.25) is 0 Å². The second kappa shape index (κ2) is 4.70. The minimum atomic E-state index is 0.531. The van der Waals surface area contributed by atoms with Gasteiger partial charge in [0, 0.05) is 10.4 Å². The van der Waals surface area contributed by atoms with Crippen molar-refractivity contribution < 1.29 is 4.52 Å². The Morgan fingerprint density at radius 1 is 1.38 bits per heavy atom. The number of nitrogens with zero attached hydrogens (tertiary/aromatic N) is 1. The molecule has 2 aromatic heterocycles. The van der Waals surface area contributed by atoms with Gasteiger partial charge in [0.2, 0.25) is 0 Å². The number of nitrogen functional groups attached to an aromatic ring is 1. The highest BCUT2D eigenvalue weighted by atomic mass is 32.1. The van der Waals surface area contributed by atoms with Crippen molar-refractivity contribution >= 4 is 17.2 Å². The molecule has 0 atom stereocenters. The van der Waals surface area contributed by atoms with E-state index in [0.717, 1.165) is 35.5 Å². The quantitative estimate of drug-likeness (QED) is 0.884. The fourth-order valence-electron chi connectivity index (χ4n) is 1.70. The SMILES string of the molecule is CCCc1c(N)noc1-c1ccc(CC)s1. The normalized spacial score (nSPS) is 10.9. The summed E-state index contributed by atoms with van der Waals surface area (Å²) in [5.74, 6) is 1.38. The van der Waals surface area contributed by atoms with Crippen molar-refractivity contribution in [1.29, 1.82) is 0 Å². The highest BCUT2D eigenvalue weighted by Crippen LogP contribution is 2.34. The Balaban J connectivity index is 2.39. The first kappa shape index (κ1) is 11.2. The van der Waals surface area contributed by atoms with Gasteiger partial charge < -0.3 is 10.3 Å². The molecule has 2 N–H and O–H groups in total. The van der Waals surface area contributed by atoms with Crippen LogP contribution in [0.5, 0.6) is 0 Å². The van der Waals surface area contributed by atoms with Gasteiger partial charge in [-0.25, -0.2) is 0 Å². The molecule has 4 heteroatoms. The summed E-state index contributed by atoms with van der Waals surface area (Å²) in [6, 6.07) is 4.22. The van der Waals surface area contributed by atoms with Crippen LogP contribution < -0.4 is 5.73 Å². The molecule has 0 aromatic carbocycles. The van der Waals surface area contributed by atoms with Crippen LogP contribution in [0, 0.1) is 0 Å². The van der Waals surface area contributed by atoms with E-state index in [1.807, 2.05) is 0 Å². The second-order valence-corrected chi connectivity index (χ2v) is 4.91. The van der Waals surface area contributed by atoms with E-state index in [-0.39, 0.29) is 0 Å². The van der Waals surface area contributed by atoms with Gasteiger partial charge in [0.05, 0.1) is 4.88 Å². The van der Waals surface area contributed by atoms with Gasteiger partial charge in [-0.3, -0.25) is 0 Å². The lowest BCUT2D eigenvalue weighted by atomic mass is 10.1. The van der Waals surface area contributed by atoms with Gasteiger partial charge in [-0.1, -0.05) is 25.4 Å². The molecule has 0 aliphatic carbocycles. The van der Waals surface area contributed by atoms with E-state index in [9.17, 15) is 0 Å². The van der Waals surface area contributed by atoms with Gasteiger partial charge in [0.25, 0.3) is 0 Å². The molecule has 0 fully saturated rings. The van der Waals surface area contributed by atoms with Crippen LogP contribution in [0.15, 0.2) is 16.7 Å². The fourth-order valence-corrected chi connectivity index (χ4v) is 2.65. The summed E-state index contributed by atoms with van der Waals surface area (Å²) in [5, 5.41) is 3.86. The first-order valence-electron chi connectivity index (χ1n) is 5.59. The number of hydrogen-bond acceptors (Lipinski definition) is 4. The Bertz CT molecular complexity index is 473. The van der Waals surface area contributed by atoms with Gasteiger partial charge in [-0.05, 0) is 25.0 Å². The topological polar surface area (TPSA) is 52.0 Å². The van der Waals surface area contributed by atoms with E-state index >= 15 is 0 Å². The Hall–Kier alpha value is -1.29. The van der Waals surface area contributed by atoms with Gasteiger partial charge in [-0.15, -0.1) is 11.3 Å². The summed E-state index contributed by atoms with van der Waals surface area (Å²) in [6.07, 6.45) is 3.02. The molecule has 0 amide bonds. The van der Waals surface area contributed by atoms with Crippen LogP contribution in [0.3, 0.4) is 0 Å². The van der Waals surface area contributed by atoms with Gasteiger partial charge in [-0.2, -0.15) is 0 Å². The predicted octanol–water partition coefficient (Wildman–Crippen LogP) is 3.50. The van der Waals surface area contributed by atoms with Crippen LogP contribution in [0.1, 0.15) is 30.7 Å². The first-order chi connectivity index (χ1) is 7.76. The van der Waals surface area contributed by atoms with E-state index in [4.69, 9.17) is 10.3 Å².